The summed E-state index contributed by atoms with van der Waals surface area (Å²) in [4.78, 5) is 21.7. The standard InChI is InChI=1S/C19H24N2.C4H4O4/c1-2-21(18-12-13-20-14-18)15-17-10-6-7-11-19(17)16-8-4-3-5-9-16;5-3(6)1-2-4(7)8/h3-11,18,20H,2,12-15H2,1H3;1-2H,(H,5,6)(H,7,8). The van der Waals surface area contributed by atoms with Gasteiger partial charge >= 0.3 is 11.9 Å². The summed E-state index contributed by atoms with van der Waals surface area (Å²) < 4.78 is 0. The summed E-state index contributed by atoms with van der Waals surface area (Å²) in [5.74, 6) is -2.51. The number of aliphatic carboxylic acids is 2. The smallest absolute Gasteiger partial charge is 0.328 e. The summed E-state index contributed by atoms with van der Waals surface area (Å²) in [6.45, 7) is 6.69. The van der Waals surface area contributed by atoms with E-state index >= 15 is 0 Å². The number of nitrogens with zero attached hydrogens (tertiary/aromatic N) is 1. The number of nitrogens with one attached hydrogen (secondary N) is 1. The van der Waals surface area contributed by atoms with Gasteiger partial charge in [-0.2, -0.15) is 0 Å². The molecule has 2 aromatic rings. The molecule has 3 rings (SSSR count). The van der Waals surface area contributed by atoms with Crippen LogP contribution in [-0.4, -0.2) is 52.7 Å². The van der Waals surface area contributed by atoms with Crippen molar-refractivity contribution in [3.05, 3.63) is 72.3 Å². The van der Waals surface area contributed by atoms with Crippen LogP contribution in [0.15, 0.2) is 66.7 Å². The minimum atomic E-state index is -1.26. The van der Waals surface area contributed by atoms with Gasteiger partial charge in [-0.3, -0.25) is 4.90 Å². The van der Waals surface area contributed by atoms with E-state index in [-0.39, 0.29) is 0 Å². The molecule has 1 atom stereocenters. The summed E-state index contributed by atoms with van der Waals surface area (Å²) in [6, 6.07) is 20.2. The summed E-state index contributed by atoms with van der Waals surface area (Å²) in [6.07, 6.45) is 2.38. The fourth-order valence-electron chi connectivity index (χ4n) is 3.37. The van der Waals surface area contributed by atoms with E-state index in [1.165, 1.54) is 23.1 Å². The monoisotopic (exact) mass is 396 g/mol. The topological polar surface area (TPSA) is 89.9 Å². The minimum Gasteiger partial charge on any atom is -0.478 e. The van der Waals surface area contributed by atoms with E-state index in [4.69, 9.17) is 10.2 Å². The third kappa shape index (κ3) is 7.52. The molecule has 6 nitrogen and oxygen atoms in total. The molecule has 1 unspecified atom stereocenters. The van der Waals surface area contributed by atoms with E-state index < -0.39 is 11.9 Å². The maximum absolute atomic E-state index is 9.55. The molecule has 2 aromatic carbocycles. The molecular weight excluding hydrogens is 368 g/mol. The van der Waals surface area contributed by atoms with Gasteiger partial charge in [-0.25, -0.2) is 9.59 Å². The van der Waals surface area contributed by atoms with Crippen LogP contribution >= 0.6 is 0 Å². The molecule has 0 spiro atoms. The molecule has 0 saturated carbocycles. The Labute approximate surface area is 171 Å². The van der Waals surface area contributed by atoms with Gasteiger partial charge in [0.25, 0.3) is 0 Å². The number of carboxylic acid groups (broad SMARTS) is 2. The van der Waals surface area contributed by atoms with Crippen LogP contribution in [0.2, 0.25) is 0 Å². The highest BCUT2D eigenvalue weighted by Crippen LogP contribution is 2.25. The van der Waals surface area contributed by atoms with E-state index in [9.17, 15) is 9.59 Å². The lowest BCUT2D eigenvalue weighted by atomic mass is 9.99. The number of rotatable bonds is 7. The van der Waals surface area contributed by atoms with Gasteiger partial charge in [-0.1, -0.05) is 61.5 Å². The van der Waals surface area contributed by atoms with Crippen molar-refractivity contribution >= 4 is 11.9 Å². The highest BCUT2D eigenvalue weighted by atomic mass is 16.4. The summed E-state index contributed by atoms with van der Waals surface area (Å²) in [7, 11) is 0. The molecule has 1 heterocycles. The minimum absolute atomic E-state index is 0.558. The van der Waals surface area contributed by atoms with Gasteiger partial charge < -0.3 is 15.5 Å². The van der Waals surface area contributed by atoms with Crippen LogP contribution in [0.5, 0.6) is 0 Å². The van der Waals surface area contributed by atoms with Crippen LogP contribution in [0.4, 0.5) is 0 Å². The zero-order chi connectivity index (χ0) is 21.1. The molecule has 3 N–H and O–H groups in total. The van der Waals surface area contributed by atoms with Crippen molar-refractivity contribution in [1.82, 2.24) is 10.2 Å². The van der Waals surface area contributed by atoms with E-state index in [0.29, 0.717) is 18.2 Å². The van der Waals surface area contributed by atoms with Gasteiger partial charge in [0.1, 0.15) is 0 Å². The SMILES string of the molecule is CCN(Cc1ccccc1-c1ccccc1)C1CCNC1.O=C(O)C=CC(=O)O. The quantitative estimate of drug-likeness (QED) is 0.623. The second-order valence-electron chi connectivity index (χ2n) is 6.74. The Balaban J connectivity index is 0.000000321. The van der Waals surface area contributed by atoms with Crippen molar-refractivity contribution in [2.75, 3.05) is 19.6 Å². The van der Waals surface area contributed by atoms with Gasteiger partial charge in [0, 0.05) is 31.3 Å². The van der Waals surface area contributed by atoms with Crippen LogP contribution in [-0.2, 0) is 16.1 Å². The zero-order valence-corrected chi connectivity index (χ0v) is 16.6. The number of benzene rings is 2. The van der Waals surface area contributed by atoms with Crippen LogP contribution < -0.4 is 5.32 Å². The van der Waals surface area contributed by atoms with Gasteiger partial charge in [0.05, 0.1) is 0 Å². The molecule has 1 aliphatic rings. The van der Waals surface area contributed by atoms with Gasteiger partial charge in [-0.15, -0.1) is 0 Å². The Bertz CT molecular complexity index is 799. The fourth-order valence-corrected chi connectivity index (χ4v) is 3.37. The van der Waals surface area contributed by atoms with Crippen molar-refractivity contribution in [2.24, 2.45) is 0 Å². The Kier molecular flexibility index (Phi) is 9.08. The lowest BCUT2D eigenvalue weighted by molar-refractivity contribution is -0.134. The lowest BCUT2D eigenvalue weighted by Crippen LogP contribution is -2.36. The van der Waals surface area contributed by atoms with Crippen LogP contribution in [0.1, 0.15) is 18.9 Å². The molecule has 1 fully saturated rings. The second-order valence-corrected chi connectivity index (χ2v) is 6.74. The molecular formula is C23H28N2O4. The number of hydrogen-bond donors (Lipinski definition) is 3. The number of likely N-dealkylation sites (N-methyl/N-ethyl adjacent to an activating group) is 1. The predicted octanol–water partition coefficient (Wildman–Crippen LogP) is 3.25. The molecule has 0 aromatic heterocycles. The molecule has 1 saturated heterocycles. The highest BCUT2D eigenvalue weighted by molar-refractivity contribution is 5.89. The van der Waals surface area contributed by atoms with E-state index in [1.807, 2.05) is 0 Å². The maximum Gasteiger partial charge on any atom is 0.328 e. The first kappa shape index (κ1) is 22.3. The predicted molar refractivity (Wildman–Crippen MR) is 114 cm³/mol. The first-order chi connectivity index (χ1) is 14.0. The zero-order valence-electron chi connectivity index (χ0n) is 16.6. The Morgan fingerprint density at radius 1 is 1.03 bits per heavy atom. The molecule has 6 heteroatoms. The summed E-state index contributed by atoms with van der Waals surface area (Å²) >= 11 is 0. The first-order valence-corrected chi connectivity index (χ1v) is 9.73. The van der Waals surface area contributed by atoms with Gasteiger partial charge in [0.15, 0.2) is 0 Å². The number of hydrogen-bond acceptors (Lipinski definition) is 4. The van der Waals surface area contributed by atoms with Gasteiger partial charge in [0.2, 0.25) is 0 Å². The first-order valence-electron chi connectivity index (χ1n) is 9.73. The summed E-state index contributed by atoms with van der Waals surface area (Å²) in [5.41, 5.74) is 4.11. The van der Waals surface area contributed by atoms with Crippen molar-refractivity contribution in [2.45, 2.75) is 25.9 Å². The largest absolute Gasteiger partial charge is 0.478 e. The van der Waals surface area contributed by atoms with Crippen molar-refractivity contribution in [1.29, 1.82) is 0 Å². The average Bonchev–Trinajstić information content (AvgIpc) is 3.26. The summed E-state index contributed by atoms with van der Waals surface area (Å²) in [5, 5.41) is 19.1. The number of carboxylic acids is 2. The van der Waals surface area contributed by atoms with Crippen molar-refractivity contribution < 1.29 is 19.8 Å². The molecule has 154 valence electrons. The lowest BCUT2D eigenvalue weighted by Gasteiger charge is -2.28. The molecule has 0 bridgehead atoms. The van der Waals surface area contributed by atoms with Crippen LogP contribution in [0.25, 0.3) is 11.1 Å². The molecule has 0 amide bonds. The third-order valence-electron chi connectivity index (χ3n) is 4.80. The van der Waals surface area contributed by atoms with Gasteiger partial charge in [-0.05, 0) is 36.2 Å². The molecule has 29 heavy (non-hydrogen) atoms. The van der Waals surface area contributed by atoms with Crippen molar-refractivity contribution in [3.63, 3.8) is 0 Å². The Hall–Kier alpha value is -2.96. The maximum atomic E-state index is 9.55. The van der Waals surface area contributed by atoms with E-state index in [1.54, 1.807) is 0 Å². The molecule has 0 radical (unpaired) electrons. The Morgan fingerprint density at radius 3 is 2.21 bits per heavy atom. The van der Waals surface area contributed by atoms with E-state index in [0.717, 1.165) is 26.2 Å². The normalized spacial score (nSPS) is 15.9. The molecule has 1 aliphatic heterocycles. The third-order valence-corrected chi connectivity index (χ3v) is 4.80. The van der Waals surface area contributed by atoms with Crippen LogP contribution in [0.3, 0.4) is 0 Å². The Morgan fingerprint density at radius 2 is 1.66 bits per heavy atom. The van der Waals surface area contributed by atoms with E-state index in [2.05, 4.69) is 71.7 Å². The molecule has 0 aliphatic carbocycles. The number of carbonyl (C=O) groups is 2. The second kappa shape index (κ2) is 11.8. The van der Waals surface area contributed by atoms with Crippen molar-refractivity contribution in [3.8, 4) is 11.1 Å². The van der Waals surface area contributed by atoms with Crippen LogP contribution in [0, 0.1) is 0 Å². The average molecular weight is 396 g/mol. The highest BCUT2D eigenvalue weighted by Gasteiger charge is 2.21. The fraction of sp³-hybridized carbons (Fsp3) is 0.304.